The van der Waals surface area contributed by atoms with Crippen molar-refractivity contribution in [2.75, 3.05) is 6.54 Å². The van der Waals surface area contributed by atoms with Gasteiger partial charge in [0, 0.05) is 22.8 Å². The molecule has 0 bridgehead atoms. The van der Waals surface area contributed by atoms with E-state index in [-0.39, 0.29) is 6.10 Å². The molecule has 0 saturated heterocycles. The van der Waals surface area contributed by atoms with Gasteiger partial charge in [0.1, 0.15) is 0 Å². The minimum absolute atomic E-state index is 0.226. The van der Waals surface area contributed by atoms with E-state index in [0.29, 0.717) is 12.5 Å². The van der Waals surface area contributed by atoms with Crippen LogP contribution in [0.1, 0.15) is 30.0 Å². The first-order valence-corrected chi connectivity index (χ1v) is 6.39. The lowest BCUT2D eigenvalue weighted by Crippen LogP contribution is -2.30. The van der Waals surface area contributed by atoms with Gasteiger partial charge < -0.3 is 10.4 Å². The largest absolute Gasteiger partial charge is 0.392 e. The fourth-order valence-corrected chi connectivity index (χ4v) is 2.26. The first kappa shape index (κ1) is 12.7. The minimum atomic E-state index is -0.226. The second-order valence-electron chi connectivity index (χ2n) is 4.10. The Morgan fingerprint density at radius 2 is 2.20 bits per heavy atom. The summed E-state index contributed by atoms with van der Waals surface area (Å²) in [5, 5.41) is 13.0. The summed E-state index contributed by atoms with van der Waals surface area (Å²) in [5.41, 5.74) is 0. The van der Waals surface area contributed by atoms with Crippen molar-refractivity contribution in [3.05, 3.63) is 21.9 Å². The van der Waals surface area contributed by atoms with E-state index >= 15 is 0 Å². The molecule has 0 fully saturated rings. The number of thiophene rings is 1. The molecule has 1 aromatic heterocycles. The van der Waals surface area contributed by atoms with E-state index in [0.717, 1.165) is 13.0 Å². The smallest absolute Gasteiger partial charge is 0.0690 e. The van der Waals surface area contributed by atoms with Crippen LogP contribution in [0, 0.1) is 12.8 Å². The number of nitrogens with one attached hydrogen (secondary N) is 1. The molecule has 0 amide bonds. The maximum Gasteiger partial charge on any atom is 0.0690 e. The van der Waals surface area contributed by atoms with Crippen molar-refractivity contribution in [2.24, 2.45) is 5.92 Å². The lowest BCUT2D eigenvalue weighted by molar-refractivity contribution is 0.113. The molecule has 0 spiro atoms. The van der Waals surface area contributed by atoms with Crippen molar-refractivity contribution >= 4 is 11.3 Å². The summed E-state index contributed by atoms with van der Waals surface area (Å²) >= 11 is 1.81. The van der Waals surface area contributed by atoms with Gasteiger partial charge in [-0.25, -0.2) is 0 Å². The molecule has 2 unspecified atom stereocenters. The van der Waals surface area contributed by atoms with Gasteiger partial charge in [-0.2, -0.15) is 0 Å². The maximum atomic E-state index is 9.74. The third-order valence-corrected chi connectivity index (χ3v) is 3.75. The molecule has 2 atom stereocenters. The molecule has 1 heterocycles. The first-order chi connectivity index (χ1) is 7.13. The Balaban J connectivity index is 2.21. The van der Waals surface area contributed by atoms with Gasteiger partial charge in [0.25, 0.3) is 0 Å². The summed E-state index contributed by atoms with van der Waals surface area (Å²) < 4.78 is 0. The van der Waals surface area contributed by atoms with E-state index < -0.39 is 0 Å². The SMILES string of the molecule is CCC(C)C(O)CNCc1ccc(C)s1. The number of hydrogen-bond acceptors (Lipinski definition) is 3. The fraction of sp³-hybridized carbons (Fsp3) is 0.667. The van der Waals surface area contributed by atoms with E-state index in [1.54, 1.807) is 0 Å². The van der Waals surface area contributed by atoms with Crippen LogP contribution in [0.3, 0.4) is 0 Å². The molecular weight excluding hydrogens is 206 g/mol. The quantitative estimate of drug-likeness (QED) is 0.783. The first-order valence-electron chi connectivity index (χ1n) is 5.57. The molecule has 2 N–H and O–H groups in total. The van der Waals surface area contributed by atoms with Crippen LogP contribution >= 0.6 is 11.3 Å². The molecule has 86 valence electrons. The number of aliphatic hydroxyl groups excluding tert-OH is 1. The Bertz CT molecular complexity index is 285. The highest BCUT2D eigenvalue weighted by molar-refractivity contribution is 7.11. The maximum absolute atomic E-state index is 9.74. The molecule has 0 saturated carbocycles. The molecule has 3 heteroatoms. The lowest BCUT2D eigenvalue weighted by Gasteiger charge is -2.17. The second-order valence-corrected chi connectivity index (χ2v) is 5.47. The van der Waals surface area contributed by atoms with E-state index in [1.807, 2.05) is 11.3 Å². The Kier molecular flexibility index (Phi) is 5.29. The van der Waals surface area contributed by atoms with Crippen LogP contribution in [0.15, 0.2) is 12.1 Å². The summed E-state index contributed by atoms with van der Waals surface area (Å²) in [5.74, 6) is 0.377. The normalized spacial score (nSPS) is 15.2. The lowest BCUT2D eigenvalue weighted by atomic mass is 10.0. The van der Waals surface area contributed by atoms with E-state index in [4.69, 9.17) is 0 Å². The predicted molar refractivity (Wildman–Crippen MR) is 66.2 cm³/mol. The zero-order chi connectivity index (χ0) is 11.3. The average Bonchev–Trinajstić information content (AvgIpc) is 2.63. The molecule has 1 aromatic rings. The van der Waals surface area contributed by atoms with Crippen LogP contribution in [0.4, 0.5) is 0 Å². The Morgan fingerprint density at radius 3 is 2.73 bits per heavy atom. The standard InChI is InChI=1S/C12H21NOS/c1-4-9(2)12(14)8-13-7-11-6-5-10(3)15-11/h5-6,9,12-14H,4,7-8H2,1-3H3. The molecule has 0 aliphatic heterocycles. The topological polar surface area (TPSA) is 32.3 Å². The van der Waals surface area contributed by atoms with Crippen LogP contribution in [-0.4, -0.2) is 17.8 Å². The van der Waals surface area contributed by atoms with Crippen LogP contribution in [-0.2, 0) is 6.54 Å². The summed E-state index contributed by atoms with van der Waals surface area (Å²) in [4.78, 5) is 2.68. The Hall–Kier alpha value is -0.380. The van der Waals surface area contributed by atoms with Gasteiger partial charge in [-0.15, -0.1) is 11.3 Å². The average molecular weight is 227 g/mol. The van der Waals surface area contributed by atoms with Crippen molar-refractivity contribution in [2.45, 2.75) is 39.8 Å². The zero-order valence-corrected chi connectivity index (χ0v) is 10.6. The van der Waals surface area contributed by atoms with Gasteiger partial charge in [0.2, 0.25) is 0 Å². The highest BCUT2D eigenvalue weighted by atomic mass is 32.1. The van der Waals surface area contributed by atoms with Crippen molar-refractivity contribution in [1.82, 2.24) is 5.32 Å². The fourth-order valence-electron chi connectivity index (χ4n) is 1.40. The minimum Gasteiger partial charge on any atom is -0.392 e. The Labute approximate surface area is 96.3 Å². The van der Waals surface area contributed by atoms with E-state index in [1.165, 1.54) is 9.75 Å². The molecule has 0 aliphatic carbocycles. The van der Waals surface area contributed by atoms with Gasteiger partial charge in [0.05, 0.1) is 6.10 Å². The third-order valence-electron chi connectivity index (χ3n) is 2.75. The van der Waals surface area contributed by atoms with Crippen LogP contribution < -0.4 is 5.32 Å². The van der Waals surface area contributed by atoms with Crippen molar-refractivity contribution in [3.8, 4) is 0 Å². The van der Waals surface area contributed by atoms with Gasteiger partial charge in [-0.1, -0.05) is 20.3 Å². The molecule has 2 nitrogen and oxygen atoms in total. The molecule has 0 radical (unpaired) electrons. The third kappa shape index (κ3) is 4.33. The second kappa shape index (κ2) is 6.26. The van der Waals surface area contributed by atoms with Crippen LogP contribution in [0.2, 0.25) is 0 Å². The summed E-state index contributed by atoms with van der Waals surface area (Å²) in [6, 6.07) is 4.27. The molecular formula is C12H21NOS. The zero-order valence-electron chi connectivity index (χ0n) is 9.79. The molecule has 1 rings (SSSR count). The molecule has 15 heavy (non-hydrogen) atoms. The molecule has 0 aliphatic rings. The van der Waals surface area contributed by atoms with E-state index in [2.05, 4.69) is 38.2 Å². The van der Waals surface area contributed by atoms with Gasteiger partial charge in [-0.3, -0.25) is 0 Å². The summed E-state index contributed by atoms with van der Waals surface area (Å²) in [7, 11) is 0. The van der Waals surface area contributed by atoms with Crippen LogP contribution in [0.5, 0.6) is 0 Å². The number of hydrogen-bond donors (Lipinski definition) is 2. The Morgan fingerprint density at radius 1 is 1.47 bits per heavy atom. The number of aliphatic hydroxyl groups is 1. The van der Waals surface area contributed by atoms with Crippen molar-refractivity contribution in [1.29, 1.82) is 0 Å². The highest BCUT2D eigenvalue weighted by Crippen LogP contribution is 2.14. The van der Waals surface area contributed by atoms with Crippen LogP contribution in [0.25, 0.3) is 0 Å². The van der Waals surface area contributed by atoms with Gasteiger partial charge in [-0.05, 0) is 25.0 Å². The van der Waals surface area contributed by atoms with Crippen molar-refractivity contribution in [3.63, 3.8) is 0 Å². The highest BCUT2D eigenvalue weighted by Gasteiger charge is 2.11. The van der Waals surface area contributed by atoms with Crippen molar-refractivity contribution < 1.29 is 5.11 Å². The monoisotopic (exact) mass is 227 g/mol. The number of aryl methyl sites for hydroxylation is 1. The van der Waals surface area contributed by atoms with Gasteiger partial charge in [0.15, 0.2) is 0 Å². The molecule has 0 aromatic carbocycles. The van der Waals surface area contributed by atoms with E-state index in [9.17, 15) is 5.11 Å². The van der Waals surface area contributed by atoms with Gasteiger partial charge >= 0.3 is 0 Å². The summed E-state index contributed by atoms with van der Waals surface area (Å²) in [6.07, 6.45) is 0.803. The number of rotatable bonds is 6. The summed E-state index contributed by atoms with van der Waals surface area (Å²) in [6.45, 7) is 7.86. The predicted octanol–water partition coefficient (Wildman–Crippen LogP) is 2.55.